The van der Waals surface area contributed by atoms with Gasteiger partial charge in [-0.25, -0.2) is 4.98 Å². The van der Waals surface area contributed by atoms with E-state index in [0.29, 0.717) is 5.56 Å². The second-order valence-electron chi connectivity index (χ2n) is 2.96. The zero-order valence-corrected chi connectivity index (χ0v) is 8.88. The summed E-state index contributed by atoms with van der Waals surface area (Å²) in [5, 5.41) is 12.5. The molecule has 1 aromatic carbocycles. The van der Waals surface area contributed by atoms with Gasteiger partial charge >= 0.3 is 0 Å². The van der Waals surface area contributed by atoms with Crippen LogP contribution in [0.3, 0.4) is 0 Å². The van der Waals surface area contributed by atoms with Crippen LogP contribution in [-0.4, -0.2) is 9.36 Å². The Morgan fingerprint density at radius 1 is 1.33 bits per heavy atom. The van der Waals surface area contributed by atoms with Gasteiger partial charge in [0.2, 0.25) is 5.13 Å². The molecule has 1 heterocycles. The number of hydrogen-bond donors (Lipinski definition) is 1. The van der Waals surface area contributed by atoms with Crippen LogP contribution in [0.25, 0.3) is 0 Å². The fourth-order valence-corrected chi connectivity index (χ4v) is 1.70. The number of aromatic nitrogens is 2. The molecule has 74 valence electrons. The summed E-state index contributed by atoms with van der Waals surface area (Å²) in [6, 6.07) is 9.27. The van der Waals surface area contributed by atoms with Crippen LogP contribution in [0.2, 0.25) is 0 Å². The zero-order chi connectivity index (χ0) is 10.7. The van der Waals surface area contributed by atoms with Gasteiger partial charge in [0.25, 0.3) is 0 Å². The SMILES string of the molecule is Cc1nsc(Nc2ccc(C#N)cc2)n1. The molecule has 0 saturated heterocycles. The highest BCUT2D eigenvalue weighted by Gasteiger charge is 2.00. The van der Waals surface area contributed by atoms with E-state index in [-0.39, 0.29) is 0 Å². The summed E-state index contributed by atoms with van der Waals surface area (Å²) >= 11 is 1.32. The Labute approximate surface area is 91.4 Å². The van der Waals surface area contributed by atoms with Crippen molar-refractivity contribution in [2.75, 3.05) is 5.32 Å². The van der Waals surface area contributed by atoms with Gasteiger partial charge in [-0.3, -0.25) is 0 Å². The fraction of sp³-hybridized carbons (Fsp3) is 0.100. The van der Waals surface area contributed by atoms with Crippen LogP contribution in [-0.2, 0) is 0 Å². The van der Waals surface area contributed by atoms with Crippen molar-refractivity contribution in [3.63, 3.8) is 0 Å². The van der Waals surface area contributed by atoms with E-state index in [2.05, 4.69) is 20.7 Å². The molecule has 0 aliphatic carbocycles. The maximum Gasteiger partial charge on any atom is 0.207 e. The van der Waals surface area contributed by atoms with Crippen LogP contribution in [0.1, 0.15) is 11.4 Å². The third-order valence-electron chi connectivity index (χ3n) is 1.79. The molecule has 0 saturated carbocycles. The smallest absolute Gasteiger partial charge is 0.207 e. The molecule has 0 amide bonds. The summed E-state index contributed by atoms with van der Waals surface area (Å²) in [6.07, 6.45) is 0. The first kappa shape index (κ1) is 9.62. The number of rotatable bonds is 2. The minimum Gasteiger partial charge on any atom is -0.330 e. The van der Waals surface area contributed by atoms with Crippen LogP contribution in [0.4, 0.5) is 10.8 Å². The average molecular weight is 216 g/mol. The third kappa shape index (κ3) is 2.30. The molecule has 0 spiro atoms. The summed E-state index contributed by atoms with van der Waals surface area (Å²) in [6.45, 7) is 1.85. The molecule has 0 bridgehead atoms. The van der Waals surface area contributed by atoms with E-state index in [0.717, 1.165) is 16.6 Å². The molecule has 5 heteroatoms. The molecule has 1 aromatic heterocycles. The first-order valence-corrected chi connectivity index (χ1v) is 5.13. The minimum atomic E-state index is 0.647. The highest BCUT2D eigenvalue weighted by Crippen LogP contribution is 2.18. The molecule has 0 atom stereocenters. The number of nitrogens with one attached hydrogen (secondary N) is 1. The number of hydrogen-bond acceptors (Lipinski definition) is 5. The first-order valence-electron chi connectivity index (χ1n) is 4.35. The van der Waals surface area contributed by atoms with Gasteiger partial charge in [-0.05, 0) is 31.2 Å². The molecule has 4 nitrogen and oxygen atoms in total. The van der Waals surface area contributed by atoms with Crippen molar-refractivity contribution in [1.29, 1.82) is 5.26 Å². The molecule has 0 aliphatic rings. The molecule has 15 heavy (non-hydrogen) atoms. The van der Waals surface area contributed by atoms with E-state index in [1.165, 1.54) is 11.5 Å². The van der Waals surface area contributed by atoms with Gasteiger partial charge < -0.3 is 5.32 Å². The largest absolute Gasteiger partial charge is 0.330 e. The predicted octanol–water partition coefficient (Wildman–Crippen LogP) is 2.46. The first-order chi connectivity index (χ1) is 7.28. The summed E-state index contributed by atoms with van der Waals surface area (Å²) in [4.78, 5) is 4.18. The van der Waals surface area contributed by atoms with Gasteiger partial charge in [0, 0.05) is 17.2 Å². The lowest BCUT2D eigenvalue weighted by Gasteiger charge is -2.00. The number of aryl methyl sites for hydroxylation is 1. The molecular formula is C10H8N4S. The molecule has 2 aromatic rings. The van der Waals surface area contributed by atoms with Gasteiger partial charge in [0.05, 0.1) is 11.6 Å². The summed E-state index contributed by atoms with van der Waals surface area (Å²) in [5.41, 5.74) is 1.55. The summed E-state index contributed by atoms with van der Waals surface area (Å²) in [5.74, 6) is 0.760. The number of nitriles is 1. The van der Waals surface area contributed by atoms with Gasteiger partial charge in [-0.2, -0.15) is 9.64 Å². The van der Waals surface area contributed by atoms with Gasteiger partial charge in [0.1, 0.15) is 5.82 Å². The van der Waals surface area contributed by atoms with Crippen molar-refractivity contribution < 1.29 is 0 Å². The second kappa shape index (κ2) is 4.07. The molecule has 0 fully saturated rings. The molecular weight excluding hydrogens is 208 g/mol. The van der Waals surface area contributed by atoms with Crippen LogP contribution >= 0.6 is 11.5 Å². The van der Waals surface area contributed by atoms with Crippen LogP contribution < -0.4 is 5.32 Å². The Morgan fingerprint density at radius 3 is 2.60 bits per heavy atom. The Hall–Kier alpha value is -1.93. The van der Waals surface area contributed by atoms with Crippen molar-refractivity contribution in [3.8, 4) is 6.07 Å². The Balaban J connectivity index is 2.15. The van der Waals surface area contributed by atoms with E-state index in [9.17, 15) is 0 Å². The topological polar surface area (TPSA) is 61.6 Å². The Morgan fingerprint density at radius 2 is 2.07 bits per heavy atom. The number of anilines is 2. The lowest BCUT2D eigenvalue weighted by Crippen LogP contribution is -1.89. The van der Waals surface area contributed by atoms with Crippen molar-refractivity contribution in [2.45, 2.75) is 6.92 Å². The normalized spacial score (nSPS) is 9.60. The lowest BCUT2D eigenvalue weighted by molar-refractivity contribution is 1.17. The van der Waals surface area contributed by atoms with Crippen molar-refractivity contribution >= 4 is 22.4 Å². The van der Waals surface area contributed by atoms with E-state index in [1.807, 2.05) is 19.1 Å². The fourth-order valence-electron chi connectivity index (χ4n) is 1.10. The molecule has 0 radical (unpaired) electrons. The number of nitrogens with zero attached hydrogens (tertiary/aromatic N) is 3. The number of benzene rings is 1. The highest BCUT2D eigenvalue weighted by molar-refractivity contribution is 7.09. The molecule has 0 unspecified atom stereocenters. The van der Waals surface area contributed by atoms with E-state index < -0.39 is 0 Å². The van der Waals surface area contributed by atoms with E-state index >= 15 is 0 Å². The van der Waals surface area contributed by atoms with Crippen LogP contribution in [0.5, 0.6) is 0 Å². The standard InChI is InChI=1S/C10H8N4S/c1-7-12-10(15-14-7)13-9-4-2-8(6-11)3-5-9/h2-5H,1H3,(H,12,13,14). The van der Waals surface area contributed by atoms with Gasteiger partial charge in [-0.1, -0.05) is 0 Å². The summed E-state index contributed by atoms with van der Waals surface area (Å²) < 4.78 is 4.06. The van der Waals surface area contributed by atoms with Crippen LogP contribution in [0, 0.1) is 18.3 Å². The second-order valence-corrected chi connectivity index (χ2v) is 3.71. The maximum atomic E-state index is 8.63. The van der Waals surface area contributed by atoms with E-state index in [4.69, 9.17) is 5.26 Å². The average Bonchev–Trinajstić information content (AvgIpc) is 2.65. The minimum absolute atomic E-state index is 0.647. The molecule has 1 N–H and O–H groups in total. The zero-order valence-electron chi connectivity index (χ0n) is 8.06. The van der Waals surface area contributed by atoms with Gasteiger partial charge in [-0.15, -0.1) is 0 Å². The van der Waals surface area contributed by atoms with Crippen molar-refractivity contribution in [2.24, 2.45) is 0 Å². The molecule has 2 rings (SSSR count). The van der Waals surface area contributed by atoms with Crippen molar-refractivity contribution in [1.82, 2.24) is 9.36 Å². The quantitative estimate of drug-likeness (QED) is 0.837. The highest BCUT2D eigenvalue weighted by atomic mass is 32.1. The monoisotopic (exact) mass is 216 g/mol. The van der Waals surface area contributed by atoms with Crippen LogP contribution in [0.15, 0.2) is 24.3 Å². The predicted molar refractivity (Wildman–Crippen MR) is 59.1 cm³/mol. The lowest BCUT2D eigenvalue weighted by atomic mass is 10.2. The summed E-state index contributed by atoms with van der Waals surface area (Å²) in [7, 11) is 0. The van der Waals surface area contributed by atoms with E-state index in [1.54, 1.807) is 12.1 Å². The van der Waals surface area contributed by atoms with Gasteiger partial charge in [0.15, 0.2) is 0 Å². The van der Waals surface area contributed by atoms with Crippen molar-refractivity contribution in [3.05, 3.63) is 35.7 Å². The maximum absolute atomic E-state index is 8.63. The Kier molecular flexibility index (Phi) is 2.61. The third-order valence-corrected chi connectivity index (χ3v) is 2.51. The molecule has 0 aliphatic heterocycles. The Bertz CT molecular complexity index is 495.